The fraction of sp³-hybridized carbons (Fsp3) is 0.652. The van der Waals surface area contributed by atoms with Gasteiger partial charge >= 0.3 is 0 Å². The Morgan fingerprint density at radius 1 is 0.800 bits per heavy atom. The average molecular weight is 417 g/mol. The molecule has 0 aliphatic heterocycles. The topological polar surface area (TPSA) is 73.8 Å². The first kappa shape index (κ1) is 23.8. The van der Waals surface area contributed by atoms with Crippen LogP contribution in [0.2, 0.25) is 0 Å². The van der Waals surface area contributed by atoms with Crippen molar-refractivity contribution in [2.45, 2.75) is 79.6 Å². The number of amides is 3. The molecule has 30 heavy (non-hydrogen) atoms. The number of carbonyl (C=O) groups is 3. The molecule has 1 saturated carbocycles. The first-order valence-electron chi connectivity index (χ1n) is 11.1. The standard InChI is InChI=1S/C23H36N4O3/c1-7-25(16(4)28)20-15-24-21(19-13-11-10-12-14-19)23(27(9-3)18(6)30)22(20)26(8-2)17(5)29/h15,19H,7-14H2,1-6H3. The molecule has 0 bridgehead atoms. The number of nitrogens with zero attached hydrogens (tertiary/aromatic N) is 4. The summed E-state index contributed by atoms with van der Waals surface area (Å²) < 4.78 is 0. The maximum Gasteiger partial charge on any atom is 0.223 e. The van der Waals surface area contributed by atoms with E-state index in [1.54, 1.807) is 20.9 Å². The smallest absolute Gasteiger partial charge is 0.223 e. The second-order valence-corrected chi connectivity index (χ2v) is 7.85. The van der Waals surface area contributed by atoms with E-state index >= 15 is 0 Å². The maximum atomic E-state index is 12.6. The van der Waals surface area contributed by atoms with Gasteiger partial charge in [0.25, 0.3) is 0 Å². The predicted molar refractivity (Wildman–Crippen MR) is 121 cm³/mol. The van der Waals surface area contributed by atoms with Crippen LogP contribution in [0.15, 0.2) is 6.20 Å². The van der Waals surface area contributed by atoms with Crippen LogP contribution < -0.4 is 14.7 Å². The summed E-state index contributed by atoms with van der Waals surface area (Å²) in [5.41, 5.74) is 2.75. The monoisotopic (exact) mass is 416 g/mol. The van der Waals surface area contributed by atoms with E-state index in [9.17, 15) is 14.4 Å². The molecule has 1 heterocycles. The minimum absolute atomic E-state index is 0.0970. The zero-order valence-corrected chi connectivity index (χ0v) is 19.3. The van der Waals surface area contributed by atoms with Crippen molar-refractivity contribution in [1.29, 1.82) is 0 Å². The summed E-state index contributed by atoms with van der Waals surface area (Å²) in [5.74, 6) is -0.101. The molecule has 1 fully saturated rings. The molecule has 1 aromatic rings. The predicted octanol–water partition coefficient (Wildman–Crippen LogP) is 4.25. The van der Waals surface area contributed by atoms with Crippen LogP contribution in [-0.4, -0.2) is 42.3 Å². The first-order chi connectivity index (χ1) is 14.3. The number of anilines is 3. The number of aromatic nitrogens is 1. The molecule has 2 rings (SSSR count). The quantitative estimate of drug-likeness (QED) is 0.666. The van der Waals surface area contributed by atoms with E-state index in [4.69, 9.17) is 4.98 Å². The fourth-order valence-electron chi connectivity index (χ4n) is 4.54. The van der Waals surface area contributed by atoms with Gasteiger partial charge in [0.15, 0.2) is 0 Å². The van der Waals surface area contributed by atoms with Crippen molar-refractivity contribution < 1.29 is 14.4 Å². The minimum atomic E-state index is -0.125. The number of carbonyl (C=O) groups excluding carboxylic acids is 3. The third kappa shape index (κ3) is 4.82. The Hall–Kier alpha value is -2.44. The molecule has 166 valence electrons. The Kier molecular flexibility index (Phi) is 8.38. The summed E-state index contributed by atoms with van der Waals surface area (Å²) in [5, 5.41) is 0. The minimum Gasteiger partial charge on any atom is -0.310 e. The lowest BCUT2D eigenvalue weighted by Crippen LogP contribution is -2.38. The van der Waals surface area contributed by atoms with Crippen molar-refractivity contribution in [3.05, 3.63) is 11.9 Å². The largest absolute Gasteiger partial charge is 0.310 e. The number of rotatable bonds is 7. The molecule has 7 nitrogen and oxygen atoms in total. The number of hydrogen-bond donors (Lipinski definition) is 0. The molecule has 1 aliphatic rings. The van der Waals surface area contributed by atoms with Crippen LogP contribution in [0.3, 0.4) is 0 Å². The van der Waals surface area contributed by atoms with Crippen molar-refractivity contribution in [2.24, 2.45) is 0 Å². The lowest BCUT2D eigenvalue weighted by Gasteiger charge is -2.36. The molecule has 3 amide bonds. The SMILES string of the molecule is CCN(C(C)=O)c1cnc(C2CCCCC2)c(N(CC)C(C)=O)c1N(CC)C(C)=O. The number of pyridine rings is 1. The highest BCUT2D eigenvalue weighted by Crippen LogP contribution is 2.46. The zero-order valence-electron chi connectivity index (χ0n) is 19.3. The summed E-state index contributed by atoms with van der Waals surface area (Å²) >= 11 is 0. The second kappa shape index (κ2) is 10.5. The molecule has 1 aromatic heterocycles. The van der Waals surface area contributed by atoms with Gasteiger partial charge in [0, 0.05) is 46.3 Å². The van der Waals surface area contributed by atoms with Crippen LogP contribution >= 0.6 is 0 Å². The van der Waals surface area contributed by atoms with Crippen LogP contribution in [-0.2, 0) is 14.4 Å². The Balaban J connectivity index is 2.90. The van der Waals surface area contributed by atoms with E-state index in [0.717, 1.165) is 31.4 Å². The molecule has 0 atom stereocenters. The molecule has 1 aliphatic carbocycles. The fourth-order valence-corrected chi connectivity index (χ4v) is 4.54. The zero-order chi connectivity index (χ0) is 22.4. The highest BCUT2D eigenvalue weighted by molar-refractivity contribution is 6.08. The van der Waals surface area contributed by atoms with Gasteiger partial charge in [-0.25, -0.2) is 0 Å². The van der Waals surface area contributed by atoms with Gasteiger partial charge in [-0.3, -0.25) is 19.4 Å². The molecule has 0 aromatic carbocycles. The van der Waals surface area contributed by atoms with E-state index in [0.29, 0.717) is 36.7 Å². The second-order valence-electron chi connectivity index (χ2n) is 7.85. The van der Waals surface area contributed by atoms with Crippen molar-refractivity contribution in [1.82, 2.24) is 4.98 Å². The lowest BCUT2D eigenvalue weighted by molar-refractivity contribution is -0.117. The van der Waals surface area contributed by atoms with Gasteiger partial charge < -0.3 is 14.7 Å². The van der Waals surface area contributed by atoms with E-state index < -0.39 is 0 Å². The summed E-state index contributed by atoms with van der Waals surface area (Å²) in [7, 11) is 0. The summed E-state index contributed by atoms with van der Waals surface area (Å²) in [6, 6.07) is 0. The van der Waals surface area contributed by atoms with Crippen LogP contribution in [0.1, 0.15) is 85.3 Å². The van der Waals surface area contributed by atoms with Crippen LogP contribution in [0.25, 0.3) is 0 Å². The molecule has 0 N–H and O–H groups in total. The van der Waals surface area contributed by atoms with Crippen LogP contribution in [0.5, 0.6) is 0 Å². The van der Waals surface area contributed by atoms with E-state index in [1.807, 2.05) is 20.8 Å². The van der Waals surface area contributed by atoms with Crippen molar-refractivity contribution in [2.75, 3.05) is 34.3 Å². The Morgan fingerprint density at radius 3 is 1.70 bits per heavy atom. The Bertz CT molecular complexity index is 787. The number of hydrogen-bond acceptors (Lipinski definition) is 4. The van der Waals surface area contributed by atoms with Gasteiger partial charge in [-0.05, 0) is 33.6 Å². The first-order valence-corrected chi connectivity index (χ1v) is 11.1. The van der Waals surface area contributed by atoms with Gasteiger partial charge in [-0.2, -0.15) is 0 Å². The Morgan fingerprint density at radius 2 is 1.27 bits per heavy atom. The summed E-state index contributed by atoms with van der Waals surface area (Å²) in [6.45, 7) is 11.7. The normalized spacial score (nSPS) is 14.3. The van der Waals surface area contributed by atoms with E-state index in [-0.39, 0.29) is 23.6 Å². The van der Waals surface area contributed by atoms with Gasteiger partial charge in [0.2, 0.25) is 17.7 Å². The van der Waals surface area contributed by atoms with Crippen LogP contribution in [0.4, 0.5) is 17.1 Å². The molecular formula is C23H36N4O3. The van der Waals surface area contributed by atoms with Gasteiger partial charge in [0.1, 0.15) is 0 Å². The lowest BCUT2D eigenvalue weighted by atomic mass is 9.85. The Labute approximate surface area is 180 Å². The van der Waals surface area contributed by atoms with E-state index in [2.05, 4.69) is 0 Å². The highest BCUT2D eigenvalue weighted by atomic mass is 16.2. The third-order valence-electron chi connectivity index (χ3n) is 5.95. The van der Waals surface area contributed by atoms with E-state index in [1.165, 1.54) is 27.2 Å². The van der Waals surface area contributed by atoms with Crippen molar-refractivity contribution in [3.8, 4) is 0 Å². The third-order valence-corrected chi connectivity index (χ3v) is 5.95. The van der Waals surface area contributed by atoms with Crippen molar-refractivity contribution in [3.63, 3.8) is 0 Å². The molecular weight excluding hydrogens is 380 g/mol. The molecule has 0 radical (unpaired) electrons. The van der Waals surface area contributed by atoms with Gasteiger partial charge in [-0.15, -0.1) is 0 Å². The molecule has 0 unspecified atom stereocenters. The average Bonchev–Trinajstić information content (AvgIpc) is 2.71. The molecule has 0 saturated heterocycles. The van der Waals surface area contributed by atoms with Crippen molar-refractivity contribution >= 4 is 34.8 Å². The maximum absolute atomic E-state index is 12.6. The molecule has 7 heteroatoms. The highest BCUT2D eigenvalue weighted by Gasteiger charge is 2.32. The molecule has 0 spiro atoms. The van der Waals surface area contributed by atoms with Crippen LogP contribution in [0, 0.1) is 0 Å². The van der Waals surface area contributed by atoms with Gasteiger partial charge in [-0.1, -0.05) is 19.3 Å². The summed E-state index contributed by atoms with van der Waals surface area (Å²) in [6.07, 6.45) is 7.23. The summed E-state index contributed by atoms with van der Waals surface area (Å²) in [4.78, 5) is 47.5. The van der Waals surface area contributed by atoms with Gasteiger partial charge in [0.05, 0.1) is 29.0 Å².